The van der Waals surface area contributed by atoms with Crippen molar-refractivity contribution in [2.75, 3.05) is 0 Å². The Hall–Kier alpha value is -2.96. The van der Waals surface area contributed by atoms with Crippen LogP contribution in [0.5, 0.6) is 5.75 Å². The maximum Gasteiger partial charge on any atom is 0.282 e. The summed E-state index contributed by atoms with van der Waals surface area (Å²) in [6, 6.07) is 8.54. The number of aromatic hydroxyl groups is 1. The largest absolute Gasteiger partial charge is 0.508 e. The lowest BCUT2D eigenvalue weighted by molar-refractivity contribution is -0.385. The van der Waals surface area contributed by atoms with E-state index in [1.807, 2.05) is 0 Å². The first-order valence-electron chi connectivity index (χ1n) is 5.73. The molecule has 1 heterocycles. The Bertz CT molecular complexity index is 643. The third-order valence-corrected chi connectivity index (χ3v) is 2.58. The standard InChI is InChI=1S/C13H11N3O4/c17-10-4-5-12(16(19)20)11(7-10)13(18)15-8-9-3-1-2-6-14-9/h1-7,17H,8H2,(H,15,18). The number of hydrogen-bond acceptors (Lipinski definition) is 5. The predicted octanol–water partition coefficient (Wildman–Crippen LogP) is 1.63. The smallest absolute Gasteiger partial charge is 0.282 e. The zero-order valence-corrected chi connectivity index (χ0v) is 10.3. The summed E-state index contributed by atoms with van der Waals surface area (Å²) in [5.74, 6) is -0.850. The molecule has 0 radical (unpaired) electrons. The van der Waals surface area contributed by atoms with E-state index in [4.69, 9.17) is 0 Å². The molecule has 2 aromatic rings. The van der Waals surface area contributed by atoms with Crippen LogP contribution in [0.2, 0.25) is 0 Å². The summed E-state index contributed by atoms with van der Waals surface area (Å²) in [5.41, 5.74) is 0.0795. The normalized spacial score (nSPS) is 10.0. The second kappa shape index (κ2) is 5.79. The molecule has 102 valence electrons. The highest BCUT2D eigenvalue weighted by Crippen LogP contribution is 2.23. The van der Waals surface area contributed by atoms with Crippen LogP contribution in [0.25, 0.3) is 0 Å². The van der Waals surface area contributed by atoms with Crippen LogP contribution in [-0.2, 0) is 6.54 Å². The van der Waals surface area contributed by atoms with Gasteiger partial charge in [0, 0.05) is 12.3 Å². The molecule has 0 aliphatic rings. The van der Waals surface area contributed by atoms with Crippen LogP contribution in [0.15, 0.2) is 42.6 Å². The first-order chi connectivity index (χ1) is 9.58. The van der Waals surface area contributed by atoms with Crippen molar-refractivity contribution in [3.05, 3.63) is 64.0 Å². The summed E-state index contributed by atoms with van der Waals surface area (Å²) in [4.78, 5) is 26.1. The van der Waals surface area contributed by atoms with Gasteiger partial charge in [-0.05, 0) is 24.3 Å². The lowest BCUT2D eigenvalue weighted by atomic mass is 10.1. The van der Waals surface area contributed by atoms with Gasteiger partial charge in [-0.1, -0.05) is 6.07 Å². The minimum Gasteiger partial charge on any atom is -0.508 e. The van der Waals surface area contributed by atoms with Crippen molar-refractivity contribution in [2.45, 2.75) is 6.54 Å². The molecule has 0 unspecified atom stereocenters. The minimum absolute atomic E-state index is 0.145. The highest BCUT2D eigenvalue weighted by Gasteiger charge is 2.20. The third-order valence-electron chi connectivity index (χ3n) is 2.58. The van der Waals surface area contributed by atoms with Gasteiger partial charge in [-0.15, -0.1) is 0 Å². The number of rotatable bonds is 4. The molecule has 0 fully saturated rings. The van der Waals surface area contributed by atoms with Crippen molar-refractivity contribution in [1.82, 2.24) is 10.3 Å². The van der Waals surface area contributed by atoms with E-state index in [1.165, 1.54) is 0 Å². The molecule has 1 aromatic carbocycles. The van der Waals surface area contributed by atoms with E-state index in [2.05, 4.69) is 10.3 Å². The quantitative estimate of drug-likeness (QED) is 0.650. The van der Waals surface area contributed by atoms with E-state index in [1.54, 1.807) is 24.4 Å². The molecule has 1 aromatic heterocycles. The molecule has 20 heavy (non-hydrogen) atoms. The number of amides is 1. The van der Waals surface area contributed by atoms with E-state index >= 15 is 0 Å². The molecule has 7 nitrogen and oxygen atoms in total. The molecule has 0 aliphatic carbocycles. The first kappa shape index (κ1) is 13.5. The predicted molar refractivity (Wildman–Crippen MR) is 70.2 cm³/mol. The van der Waals surface area contributed by atoms with Gasteiger partial charge in [0.15, 0.2) is 0 Å². The number of phenolic OH excluding ortho intramolecular Hbond substituents is 1. The van der Waals surface area contributed by atoms with Crippen molar-refractivity contribution in [1.29, 1.82) is 0 Å². The average Bonchev–Trinajstić information content (AvgIpc) is 2.45. The highest BCUT2D eigenvalue weighted by molar-refractivity contribution is 5.98. The van der Waals surface area contributed by atoms with Crippen LogP contribution >= 0.6 is 0 Å². The van der Waals surface area contributed by atoms with Gasteiger partial charge in [-0.25, -0.2) is 0 Å². The number of pyridine rings is 1. The molecule has 0 spiro atoms. The van der Waals surface area contributed by atoms with Gasteiger partial charge in [0.05, 0.1) is 17.2 Å². The van der Waals surface area contributed by atoms with Gasteiger partial charge in [0.1, 0.15) is 11.3 Å². The van der Waals surface area contributed by atoms with Gasteiger partial charge in [-0.2, -0.15) is 0 Å². The fourth-order valence-electron chi connectivity index (χ4n) is 1.63. The number of aromatic nitrogens is 1. The molecule has 7 heteroatoms. The van der Waals surface area contributed by atoms with Crippen molar-refractivity contribution < 1.29 is 14.8 Å². The molecule has 1 amide bonds. The molecule has 0 atom stereocenters. The number of nitro groups is 1. The number of hydrogen-bond donors (Lipinski definition) is 2. The first-order valence-corrected chi connectivity index (χ1v) is 5.73. The van der Waals surface area contributed by atoms with Crippen LogP contribution in [0, 0.1) is 10.1 Å². The van der Waals surface area contributed by atoms with Gasteiger partial charge < -0.3 is 10.4 Å². The maximum atomic E-state index is 11.9. The van der Waals surface area contributed by atoms with E-state index in [0.29, 0.717) is 5.69 Å². The molecule has 0 saturated carbocycles. The number of nitrogens with one attached hydrogen (secondary N) is 1. The molecule has 2 N–H and O–H groups in total. The van der Waals surface area contributed by atoms with Crippen LogP contribution in [0.4, 0.5) is 5.69 Å². The Balaban J connectivity index is 2.17. The van der Waals surface area contributed by atoms with Crippen molar-refractivity contribution in [3.8, 4) is 5.75 Å². The molecule has 0 aliphatic heterocycles. The minimum atomic E-state index is -0.672. The molecular formula is C13H11N3O4. The summed E-state index contributed by atoms with van der Waals surface area (Å²) in [6.45, 7) is 0.145. The van der Waals surface area contributed by atoms with Gasteiger partial charge in [-0.3, -0.25) is 19.9 Å². The van der Waals surface area contributed by atoms with Gasteiger partial charge in [0.25, 0.3) is 11.6 Å². The van der Waals surface area contributed by atoms with Gasteiger partial charge in [0.2, 0.25) is 0 Å². The zero-order chi connectivity index (χ0) is 14.5. The summed E-state index contributed by atoms with van der Waals surface area (Å²) < 4.78 is 0. The molecule has 0 bridgehead atoms. The number of nitro benzene ring substituents is 1. The molecule has 2 rings (SSSR count). The summed E-state index contributed by atoms with van der Waals surface area (Å²) >= 11 is 0. The van der Waals surface area contributed by atoms with E-state index < -0.39 is 10.8 Å². The van der Waals surface area contributed by atoms with Crippen molar-refractivity contribution in [2.24, 2.45) is 0 Å². The monoisotopic (exact) mass is 273 g/mol. The zero-order valence-electron chi connectivity index (χ0n) is 10.3. The van der Waals surface area contributed by atoms with Crippen LogP contribution in [-0.4, -0.2) is 20.9 Å². The van der Waals surface area contributed by atoms with Crippen LogP contribution in [0.1, 0.15) is 16.1 Å². The van der Waals surface area contributed by atoms with Crippen LogP contribution in [0.3, 0.4) is 0 Å². The summed E-state index contributed by atoms with van der Waals surface area (Å²) in [5, 5.41) is 22.7. The summed E-state index contributed by atoms with van der Waals surface area (Å²) in [6.07, 6.45) is 1.58. The number of carbonyl (C=O) groups excluding carboxylic acids is 1. The Morgan fingerprint density at radius 1 is 1.35 bits per heavy atom. The second-order valence-electron chi connectivity index (χ2n) is 3.96. The number of nitrogens with zero attached hydrogens (tertiary/aromatic N) is 2. The SMILES string of the molecule is O=C(NCc1ccccn1)c1cc(O)ccc1[N+](=O)[O-]. The Morgan fingerprint density at radius 3 is 2.80 bits per heavy atom. The topological polar surface area (TPSA) is 105 Å². The molecule has 0 saturated heterocycles. The lowest BCUT2D eigenvalue weighted by Gasteiger charge is -2.06. The Labute approximate surface area is 114 Å². The number of phenols is 1. The number of benzene rings is 1. The third kappa shape index (κ3) is 3.08. The maximum absolute atomic E-state index is 11.9. The lowest BCUT2D eigenvalue weighted by Crippen LogP contribution is -2.24. The van der Waals surface area contributed by atoms with E-state index in [9.17, 15) is 20.0 Å². The van der Waals surface area contributed by atoms with E-state index in [0.717, 1.165) is 18.2 Å². The van der Waals surface area contributed by atoms with E-state index in [-0.39, 0.29) is 23.5 Å². The Morgan fingerprint density at radius 2 is 2.15 bits per heavy atom. The highest BCUT2D eigenvalue weighted by atomic mass is 16.6. The second-order valence-corrected chi connectivity index (χ2v) is 3.96. The number of carbonyl (C=O) groups is 1. The molecular weight excluding hydrogens is 262 g/mol. The van der Waals surface area contributed by atoms with Crippen molar-refractivity contribution in [3.63, 3.8) is 0 Å². The fraction of sp³-hybridized carbons (Fsp3) is 0.0769. The summed E-state index contributed by atoms with van der Waals surface area (Å²) in [7, 11) is 0. The Kier molecular flexibility index (Phi) is 3.90. The van der Waals surface area contributed by atoms with Crippen LogP contribution < -0.4 is 5.32 Å². The van der Waals surface area contributed by atoms with Gasteiger partial charge >= 0.3 is 0 Å². The van der Waals surface area contributed by atoms with Crippen molar-refractivity contribution >= 4 is 11.6 Å². The average molecular weight is 273 g/mol. The fourth-order valence-corrected chi connectivity index (χ4v) is 1.63.